The minimum absolute atomic E-state index is 0. The van der Waals surface area contributed by atoms with Crippen molar-refractivity contribution < 1.29 is 34.4 Å². The van der Waals surface area contributed by atoms with E-state index in [0.29, 0.717) is 6.42 Å². The van der Waals surface area contributed by atoms with Crippen LogP contribution in [0.5, 0.6) is 0 Å². The number of hydrogen-bond donors (Lipinski definition) is 0. The molecule has 0 atom stereocenters. The zero-order valence-corrected chi connectivity index (χ0v) is 22.8. The van der Waals surface area contributed by atoms with Gasteiger partial charge in [-0.05, 0) is 30.7 Å². The van der Waals surface area contributed by atoms with Gasteiger partial charge in [-0.15, -0.1) is 23.2 Å². The van der Waals surface area contributed by atoms with Crippen molar-refractivity contribution in [3.05, 3.63) is 60.7 Å². The van der Waals surface area contributed by atoms with Gasteiger partial charge in [-0.25, -0.2) is 16.8 Å². The molecule has 2 aromatic carbocycles. The fourth-order valence-corrected chi connectivity index (χ4v) is 5.22. The topological polar surface area (TPSA) is 68.3 Å². The normalized spacial score (nSPS) is 10.9. The summed E-state index contributed by atoms with van der Waals surface area (Å²) in [5.41, 5.74) is 0. The molecule has 0 radical (unpaired) electrons. The van der Waals surface area contributed by atoms with Gasteiger partial charge in [0.25, 0.3) is 9.84 Å². The van der Waals surface area contributed by atoms with Crippen LogP contribution in [0.3, 0.4) is 0 Å². The average Bonchev–Trinajstić information content (AvgIpc) is 2.82. The lowest BCUT2D eigenvalue weighted by Gasteiger charge is -2.16. The molecule has 0 N–H and O–H groups in total. The molecule has 2 rings (SSSR count). The van der Waals surface area contributed by atoms with Crippen molar-refractivity contribution in [3.63, 3.8) is 0 Å². The summed E-state index contributed by atoms with van der Waals surface area (Å²) in [4.78, 5) is -0.686. The molecule has 0 heterocycles. The Balaban J connectivity index is -0.000000499. The Morgan fingerprint density at radius 2 is 1.23 bits per heavy atom. The van der Waals surface area contributed by atoms with E-state index in [-0.39, 0.29) is 40.1 Å². The average molecular weight is 604 g/mol. The number of unbranched alkanes of at least 4 members (excludes halogenated alkanes) is 1. The molecule has 0 unspecified atom stereocenters. The van der Waals surface area contributed by atoms with Gasteiger partial charge in [-0.1, -0.05) is 82.8 Å². The van der Waals surface area contributed by atoms with E-state index in [9.17, 15) is 34.4 Å². The van der Waals surface area contributed by atoms with Crippen molar-refractivity contribution in [2.24, 2.45) is 0 Å². The molecule has 0 aromatic heterocycles. The molecular formula is C22H32Cl2F4O4S3. The number of sulfone groups is 2. The number of rotatable bonds is 8. The lowest BCUT2D eigenvalue weighted by molar-refractivity contribution is 0.195. The third-order valence-corrected chi connectivity index (χ3v) is 8.20. The number of thioether (sulfide) groups is 1. The second-order valence-corrected chi connectivity index (χ2v) is 11.9. The van der Waals surface area contributed by atoms with E-state index in [1.807, 2.05) is 20.8 Å². The van der Waals surface area contributed by atoms with Crippen LogP contribution in [0.4, 0.5) is 17.6 Å². The van der Waals surface area contributed by atoms with Gasteiger partial charge in [0.2, 0.25) is 9.84 Å². The van der Waals surface area contributed by atoms with E-state index in [0.717, 1.165) is 18.6 Å². The summed E-state index contributed by atoms with van der Waals surface area (Å²) in [7, 11) is -9.00. The third kappa shape index (κ3) is 13.8. The second-order valence-electron chi connectivity index (χ2n) is 5.70. The van der Waals surface area contributed by atoms with Crippen LogP contribution in [0.1, 0.15) is 41.0 Å². The number of hydrogen-bond acceptors (Lipinski definition) is 5. The summed E-state index contributed by atoms with van der Waals surface area (Å²) in [6, 6.07) is 13.5. The number of alkyl halides is 6. The fourth-order valence-electron chi connectivity index (χ4n) is 1.86. The van der Waals surface area contributed by atoms with Gasteiger partial charge >= 0.3 is 10.3 Å². The molecule has 0 saturated carbocycles. The molecule has 0 amide bonds. The van der Waals surface area contributed by atoms with Crippen molar-refractivity contribution in [3.8, 4) is 0 Å². The molecule has 0 saturated heterocycles. The first-order valence-electron chi connectivity index (χ1n) is 9.88. The maximum absolute atomic E-state index is 13.6. The molecule has 0 fully saturated rings. The first-order valence-corrected chi connectivity index (χ1v) is 15.0. The van der Waals surface area contributed by atoms with E-state index in [1.165, 1.54) is 36.4 Å². The molecule has 0 aliphatic rings. The Hall–Kier alpha value is -1.01. The largest absolute Gasteiger partial charge is 0.397 e. The molecule has 0 aliphatic heterocycles. The van der Waals surface area contributed by atoms with Crippen LogP contribution in [0, 0.1) is 0 Å². The molecule has 2 aromatic rings. The van der Waals surface area contributed by atoms with E-state index >= 15 is 0 Å². The Morgan fingerprint density at radius 3 is 1.57 bits per heavy atom. The van der Waals surface area contributed by atoms with Gasteiger partial charge in [0.05, 0.1) is 15.1 Å². The van der Waals surface area contributed by atoms with Gasteiger partial charge < -0.3 is 0 Å². The maximum Gasteiger partial charge on any atom is 0.397 e. The quantitative estimate of drug-likeness (QED) is 0.173. The van der Waals surface area contributed by atoms with Crippen LogP contribution in [0.25, 0.3) is 0 Å². The van der Waals surface area contributed by atoms with Crippen molar-refractivity contribution in [2.45, 2.75) is 61.2 Å². The molecule has 0 spiro atoms. The standard InChI is InChI=1S/C11H14F2O2S2.C7H6F2O2S.C2H6.CH2Cl2.CH4/c1-2-3-9-16-11(12,13)17(14,15)10-7-5-4-6-8-10;8-7(9)12(10,11)6-4-2-1-3-5-6;1-2;2-1-3;/h4-8H,2-3,9H2,1H3;1-5,7H;1-2H3;1H2;1H4. The number of halogens is 6. The molecule has 13 heteroatoms. The maximum atomic E-state index is 13.6. The van der Waals surface area contributed by atoms with E-state index in [2.05, 4.69) is 0 Å². The van der Waals surface area contributed by atoms with Gasteiger partial charge in [-0.3, -0.25) is 0 Å². The zero-order valence-electron chi connectivity index (χ0n) is 18.8. The van der Waals surface area contributed by atoms with Crippen molar-refractivity contribution in [1.29, 1.82) is 0 Å². The van der Waals surface area contributed by atoms with Gasteiger partial charge in [0.1, 0.15) is 0 Å². The molecule has 0 aliphatic carbocycles. The minimum Gasteiger partial charge on any atom is -0.218 e. The summed E-state index contributed by atoms with van der Waals surface area (Å²) < 4.78 is 92.1. The van der Waals surface area contributed by atoms with E-state index in [1.54, 1.807) is 12.1 Å². The molecule has 204 valence electrons. The van der Waals surface area contributed by atoms with Gasteiger partial charge in [0, 0.05) is 5.75 Å². The third-order valence-electron chi connectivity index (χ3n) is 3.44. The van der Waals surface area contributed by atoms with Crippen LogP contribution >= 0.6 is 35.0 Å². The molecule has 0 bridgehead atoms. The highest BCUT2D eigenvalue weighted by molar-refractivity contribution is 8.14. The van der Waals surface area contributed by atoms with Crippen molar-refractivity contribution in [1.82, 2.24) is 0 Å². The summed E-state index contributed by atoms with van der Waals surface area (Å²) in [5.74, 6) is -3.21. The Kier molecular flexibility index (Phi) is 22.1. The summed E-state index contributed by atoms with van der Waals surface area (Å²) >= 11 is 9.71. The summed E-state index contributed by atoms with van der Waals surface area (Å²) in [5, 5.41) is 0.194. The Morgan fingerprint density at radius 1 is 0.857 bits per heavy atom. The SMILES string of the molecule is C.CC.CCCCSC(F)(F)S(=O)(=O)c1ccccc1.ClCCl.O=S(=O)(c1ccccc1)C(F)F. The lowest BCUT2D eigenvalue weighted by Crippen LogP contribution is -2.25. The molecule has 4 nitrogen and oxygen atoms in total. The van der Waals surface area contributed by atoms with Crippen LogP contribution < -0.4 is 0 Å². The van der Waals surface area contributed by atoms with Gasteiger partial charge in [0.15, 0.2) is 0 Å². The van der Waals surface area contributed by atoms with Crippen molar-refractivity contribution in [2.75, 3.05) is 11.1 Å². The second kappa shape index (κ2) is 20.1. The first kappa shape index (κ1) is 38.5. The summed E-state index contributed by atoms with van der Waals surface area (Å²) in [6.07, 6.45) is 1.33. The van der Waals surface area contributed by atoms with Crippen LogP contribution in [0.2, 0.25) is 0 Å². The Bertz CT molecular complexity index is 978. The monoisotopic (exact) mass is 602 g/mol. The highest BCUT2D eigenvalue weighted by atomic mass is 35.5. The highest BCUT2D eigenvalue weighted by Crippen LogP contribution is 2.39. The molecular weight excluding hydrogens is 571 g/mol. The van der Waals surface area contributed by atoms with Crippen molar-refractivity contribution >= 4 is 54.6 Å². The predicted molar refractivity (Wildman–Crippen MR) is 140 cm³/mol. The molecule has 35 heavy (non-hydrogen) atoms. The smallest absolute Gasteiger partial charge is 0.218 e. The predicted octanol–water partition coefficient (Wildman–Crippen LogP) is 8.31. The zero-order chi connectivity index (χ0) is 26.8. The Labute approximate surface area is 221 Å². The van der Waals surface area contributed by atoms with E-state index in [4.69, 9.17) is 23.2 Å². The van der Waals surface area contributed by atoms with Crippen LogP contribution in [-0.2, 0) is 19.7 Å². The summed E-state index contributed by atoms with van der Waals surface area (Å²) in [6.45, 7) is 5.87. The van der Waals surface area contributed by atoms with Crippen LogP contribution in [0.15, 0.2) is 70.5 Å². The fraction of sp³-hybridized carbons (Fsp3) is 0.455. The van der Waals surface area contributed by atoms with Gasteiger partial charge in [-0.2, -0.15) is 17.6 Å². The van der Waals surface area contributed by atoms with E-state index < -0.39 is 30.0 Å². The first-order chi connectivity index (χ1) is 15.9. The lowest BCUT2D eigenvalue weighted by atomic mass is 10.4. The van der Waals surface area contributed by atoms with Crippen LogP contribution in [-0.4, -0.2) is 38.3 Å². The highest BCUT2D eigenvalue weighted by Gasteiger charge is 2.46. The minimum atomic E-state index is -4.59. The number of benzene rings is 2.